The fourth-order valence-corrected chi connectivity index (χ4v) is 4.53. The van der Waals surface area contributed by atoms with Gasteiger partial charge in [0.15, 0.2) is 0 Å². The van der Waals surface area contributed by atoms with E-state index in [0.29, 0.717) is 17.1 Å². The van der Waals surface area contributed by atoms with Crippen LogP contribution in [-0.2, 0) is 14.8 Å². The molecule has 2 atom stereocenters. The third-order valence-electron chi connectivity index (χ3n) is 4.67. The van der Waals surface area contributed by atoms with E-state index >= 15 is 0 Å². The van der Waals surface area contributed by atoms with Crippen LogP contribution >= 0.6 is 11.6 Å². The van der Waals surface area contributed by atoms with Crippen molar-refractivity contribution in [3.63, 3.8) is 0 Å². The summed E-state index contributed by atoms with van der Waals surface area (Å²) in [5.41, 5.74) is 3.24. The van der Waals surface area contributed by atoms with Gasteiger partial charge in [-0.2, -0.15) is 0 Å². The summed E-state index contributed by atoms with van der Waals surface area (Å²) < 4.78 is 26.4. The smallest absolute Gasteiger partial charge is 0.244 e. The van der Waals surface area contributed by atoms with Gasteiger partial charge in [-0.05, 0) is 50.5 Å². The summed E-state index contributed by atoms with van der Waals surface area (Å²) >= 11 is 6.09. The first-order valence-electron chi connectivity index (χ1n) is 9.17. The Morgan fingerprint density at radius 2 is 1.75 bits per heavy atom. The molecule has 5 nitrogen and oxygen atoms in total. The maximum atomic E-state index is 13.0. The molecule has 0 spiro atoms. The monoisotopic (exact) mass is 422 g/mol. The largest absolute Gasteiger partial charge is 0.348 e. The molecule has 0 aliphatic carbocycles. The van der Waals surface area contributed by atoms with E-state index in [1.807, 2.05) is 38.1 Å². The van der Waals surface area contributed by atoms with Crippen molar-refractivity contribution in [2.45, 2.75) is 46.2 Å². The van der Waals surface area contributed by atoms with Crippen molar-refractivity contribution in [3.05, 3.63) is 64.2 Å². The zero-order valence-electron chi connectivity index (χ0n) is 16.9. The normalized spacial score (nSPS) is 13.6. The highest BCUT2D eigenvalue weighted by atomic mass is 35.5. The van der Waals surface area contributed by atoms with Crippen molar-refractivity contribution in [3.8, 4) is 0 Å². The van der Waals surface area contributed by atoms with Gasteiger partial charge in [-0.3, -0.25) is 9.10 Å². The Labute approximate surface area is 172 Å². The highest BCUT2D eigenvalue weighted by molar-refractivity contribution is 7.92. The highest BCUT2D eigenvalue weighted by Gasteiger charge is 2.33. The second kappa shape index (κ2) is 8.97. The van der Waals surface area contributed by atoms with Crippen LogP contribution in [-0.4, -0.2) is 26.6 Å². The number of carbonyl (C=O) groups excluding carboxylic acids is 1. The second-order valence-corrected chi connectivity index (χ2v) is 9.35. The molecular weight excluding hydrogens is 396 g/mol. The quantitative estimate of drug-likeness (QED) is 0.720. The molecule has 0 unspecified atom stereocenters. The van der Waals surface area contributed by atoms with E-state index in [9.17, 15) is 13.2 Å². The molecule has 1 N–H and O–H groups in total. The van der Waals surface area contributed by atoms with E-state index < -0.39 is 16.1 Å². The fourth-order valence-electron chi connectivity index (χ4n) is 3.10. The summed E-state index contributed by atoms with van der Waals surface area (Å²) in [5, 5.41) is 3.36. The Morgan fingerprint density at radius 3 is 2.29 bits per heavy atom. The number of carbonyl (C=O) groups is 1. The first-order valence-corrected chi connectivity index (χ1v) is 11.4. The molecule has 7 heteroatoms. The molecule has 0 aliphatic heterocycles. The van der Waals surface area contributed by atoms with Gasteiger partial charge in [-0.1, -0.05) is 54.4 Å². The van der Waals surface area contributed by atoms with E-state index in [1.54, 1.807) is 32.0 Å². The summed E-state index contributed by atoms with van der Waals surface area (Å²) in [7, 11) is -3.71. The number of nitrogens with one attached hydrogen (secondary N) is 1. The highest BCUT2D eigenvalue weighted by Crippen LogP contribution is 2.29. The minimum atomic E-state index is -3.71. The van der Waals surface area contributed by atoms with Gasteiger partial charge in [0.1, 0.15) is 6.04 Å². The molecule has 2 rings (SSSR count). The molecule has 0 saturated carbocycles. The van der Waals surface area contributed by atoms with Gasteiger partial charge in [-0.15, -0.1) is 0 Å². The molecule has 0 aliphatic rings. The number of rotatable bonds is 7. The van der Waals surface area contributed by atoms with Crippen LogP contribution in [0.15, 0.2) is 42.5 Å². The van der Waals surface area contributed by atoms with Gasteiger partial charge >= 0.3 is 0 Å². The number of sulfonamides is 1. The van der Waals surface area contributed by atoms with Crippen LogP contribution in [0.4, 0.5) is 5.69 Å². The number of nitrogens with zero attached hydrogens (tertiary/aromatic N) is 1. The van der Waals surface area contributed by atoms with Crippen LogP contribution in [0, 0.1) is 13.8 Å². The van der Waals surface area contributed by atoms with Gasteiger partial charge in [0.25, 0.3) is 0 Å². The Hall–Kier alpha value is -2.05. The summed E-state index contributed by atoms with van der Waals surface area (Å²) in [4.78, 5) is 13.0. The topological polar surface area (TPSA) is 66.5 Å². The van der Waals surface area contributed by atoms with Crippen molar-refractivity contribution >= 4 is 33.2 Å². The molecule has 0 saturated heterocycles. The van der Waals surface area contributed by atoms with Crippen LogP contribution in [0.25, 0.3) is 0 Å². The van der Waals surface area contributed by atoms with Crippen LogP contribution in [0.3, 0.4) is 0 Å². The SMILES string of the molecule is CC[C@@H](C(=O)N[C@@H](C)c1ccc(C)cc1)N(c1cc(Cl)ccc1C)S(C)(=O)=O. The molecule has 2 aromatic rings. The summed E-state index contributed by atoms with van der Waals surface area (Å²) in [6.07, 6.45) is 1.43. The Bertz CT molecular complexity index is 943. The lowest BCUT2D eigenvalue weighted by molar-refractivity contribution is -0.122. The molecule has 0 heterocycles. The van der Waals surface area contributed by atoms with Crippen molar-refractivity contribution in [2.24, 2.45) is 0 Å². The average Bonchev–Trinajstić information content (AvgIpc) is 2.61. The van der Waals surface area contributed by atoms with Crippen LogP contribution < -0.4 is 9.62 Å². The summed E-state index contributed by atoms with van der Waals surface area (Å²) in [5.74, 6) is -0.347. The van der Waals surface area contributed by atoms with Crippen LogP contribution in [0.2, 0.25) is 5.02 Å². The van der Waals surface area contributed by atoms with Gasteiger partial charge in [0, 0.05) is 5.02 Å². The van der Waals surface area contributed by atoms with E-state index in [0.717, 1.165) is 22.9 Å². The number of halogens is 1. The van der Waals surface area contributed by atoms with Gasteiger partial charge in [0.05, 0.1) is 18.0 Å². The Balaban J connectivity index is 2.36. The molecule has 0 radical (unpaired) electrons. The lowest BCUT2D eigenvalue weighted by Gasteiger charge is -2.32. The Morgan fingerprint density at radius 1 is 1.14 bits per heavy atom. The number of aryl methyl sites for hydroxylation is 2. The zero-order chi connectivity index (χ0) is 21.1. The average molecular weight is 423 g/mol. The maximum absolute atomic E-state index is 13.0. The van der Waals surface area contributed by atoms with Crippen LogP contribution in [0.5, 0.6) is 0 Å². The minimum Gasteiger partial charge on any atom is -0.348 e. The minimum absolute atomic E-state index is 0.246. The predicted octanol–water partition coefficient (Wildman–Crippen LogP) is 4.38. The van der Waals surface area contributed by atoms with Crippen molar-refractivity contribution in [1.82, 2.24) is 5.32 Å². The maximum Gasteiger partial charge on any atom is 0.244 e. The van der Waals surface area contributed by atoms with E-state index in [1.165, 1.54) is 4.31 Å². The molecule has 152 valence electrons. The standard InChI is InChI=1S/C21H27ClN2O3S/c1-6-19(21(25)23-16(4)17-10-7-14(2)8-11-17)24(28(5,26)27)20-13-18(22)12-9-15(20)3/h7-13,16,19H,6H2,1-5H3,(H,23,25)/t16-,19-/m0/s1. The molecule has 1 amide bonds. The molecule has 28 heavy (non-hydrogen) atoms. The van der Waals surface area contributed by atoms with Crippen LogP contribution in [0.1, 0.15) is 43.0 Å². The summed E-state index contributed by atoms with van der Waals surface area (Å²) in [6.45, 7) is 7.46. The molecule has 2 aromatic carbocycles. The summed E-state index contributed by atoms with van der Waals surface area (Å²) in [6, 6.07) is 11.8. The molecule has 0 fully saturated rings. The van der Waals surface area contributed by atoms with Gasteiger partial charge in [0.2, 0.25) is 15.9 Å². The Kier molecular flexibility index (Phi) is 7.12. The van der Waals surface area contributed by atoms with E-state index in [-0.39, 0.29) is 11.9 Å². The lowest BCUT2D eigenvalue weighted by Crippen LogP contribution is -2.50. The van der Waals surface area contributed by atoms with E-state index in [2.05, 4.69) is 5.32 Å². The first-order chi connectivity index (χ1) is 13.0. The number of amides is 1. The molecule has 0 bridgehead atoms. The van der Waals surface area contributed by atoms with Crippen molar-refractivity contribution in [2.75, 3.05) is 10.6 Å². The first kappa shape index (κ1) is 22.2. The van der Waals surface area contributed by atoms with Crippen molar-refractivity contribution in [1.29, 1.82) is 0 Å². The molecular formula is C21H27ClN2O3S. The van der Waals surface area contributed by atoms with Gasteiger partial charge in [-0.25, -0.2) is 8.42 Å². The lowest BCUT2D eigenvalue weighted by atomic mass is 10.1. The predicted molar refractivity (Wildman–Crippen MR) is 115 cm³/mol. The second-order valence-electron chi connectivity index (χ2n) is 7.05. The fraction of sp³-hybridized carbons (Fsp3) is 0.381. The number of benzene rings is 2. The number of anilines is 1. The van der Waals surface area contributed by atoms with Gasteiger partial charge < -0.3 is 5.32 Å². The number of hydrogen-bond acceptors (Lipinski definition) is 3. The number of hydrogen-bond donors (Lipinski definition) is 1. The molecule has 0 aromatic heterocycles. The van der Waals surface area contributed by atoms with Crippen molar-refractivity contribution < 1.29 is 13.2 Å². The van der Waals surface area contributed by atoms with E-state index in [4.69, 9.17) is 11.6 Å². The third-order valence-corrected chi connectivity index (χ3v) is 6.08. The third kappa shape index (κ3) is 5.26. The zero-order valence-corrected chi connectivity index (χ0v) is 18.4.